The van der Waals surface area contributed by atoms with E-state index >= 15 is 0 Å². The Kier molecular flexibility index (Phi) is 22.8. The molecule has 15 nitrogen and oxygen atoms in total. The molecule has 3 amide bonds. The minimum Gasteiger partial charge on any atom is -0.460 e. The van der Waals surface area contributed by atoms with Gasteiger partial charge in [-0.1, -0.05) is 0 Å². The van der Waals surface area contributed by atoms with Crippen LogP contribution in [0.25, 0.3) is 0 Å². The van der Waals surface area contributed by atoms with Crippen molar-refractivity contribution >= 4 is 23.9 Å². The number of alkyl carbamates (subject to hydrolysis) is 1. The first-order chi connectivity index (χ1) is 23.3. The van der Waals surface area contributed by atoms with E-state index in [0.29, 0.717) is 103 Å². The number of amides is 3. The zero-order chi connectivity index (χ0) is 36.4. The standard InChI is InChI=1S/C34H57N3O12/c1-33(2,3)48-29(38)11-15-42-19-23-46-25-26-47-24-22-44-17-13-36-31(40)28-9-7-27(8-10-28)30(39)35-12-16-43-20-21-45-18-14-37-32(41)49-34(4,5)6/h7-10H,11-26H2,1-6H3,(H,35,39)(H,36,40)(H,37,41). The van der Waals surface area contributed by atoms with Gasteiger partial charge in [0.15, 0.2) is 0 Å². The predicted octanol–water partition coefficient (Wildman–Crippen LogP) is 2.50. The van der Waals surface area contributed by atoms with Gasteiger partial charge in [-0.15, -0.1) is 0 Å². The summed E-state index contributed by atoms with van der Waals surface area (Å²) in [6, 6.07) is 6.34. The van der Waals surface area contributed by atoms with Gasteiger partial charge < -0.3 is 53.8 Å². The van der Waals surface area contributed by atoms with Crippen LogP contribution >= 0.6 is 0 Å². The number of esters is 1. The number of ether oxygens (including phenoxy) is 8. The van der Waals surface area contributed by atoms with Gasteiger partial charge in [0.1, 0.15) is 11.2 Å². The monoisotopic (exact) mass is 699 g/mol. The van der Waals surface area contributed by atoms with Gasteiger partial charge in [-0.05, 0) is 65.8 Å². The fraction of sp³-hybridized carbons (Fsp3) is 0.706. The fourth-order valence-electron chi connectivity index (χ4n) is 3.62. The van der Waals surface area contributed by atoms with Crippen LogP contribution in [-0.2, 0) is 42.7 Å². The van der Waals surface area contributed by atoms with Crippen molar-refractivity contribution < 1.29 is 57.1 Å². The second-order valence-electron chi connectivity index (χ2n) is 12.5. The lowest BCUT2D eigenvalue weighted by Crippen LogP contribution is -2.34. The van der Waals surface area contributed by atoms with E-state index in [9.17, 15) is 19.2 Å². The SMILES string of the molecule is CC(C)(C)OC(=O)CCOCCOCCOCCOCCNC(=O)c1ccc(C(=O)NCCOCCOCCNC(=O)OC(C)(C)C)cc1. The van der Waals surface area contributed by atoms with Crippen LogP contribution in [0.1, 0.15) is 68.7 Å². The molecule has 0 fully saturated rings. The lowest BCUT2D eigenvalue weighted by atomic mass is 10.1. The molecule has 0 aliphatic rings. The van der Waals surface area contributed by atoms with Crippen LogP contribution < -0.4 is 16.0 Å². The van der Waals surface area contributed by atoms with Crippen molar-refractivity contribution in [2.45, 2.75) is 59.2 Å². The zero-order valence-electron chi connectivity index (χ0n) is 30.0. The summed E-state index contributed by atoms with van der Waals surface area (Å²) in [5.41, 5.74) is -0.189. The van der Waals surface area contributed by atoms with Crippen molar-refractivity contribution in [3.8, 4) is 0 Å². The second-order valence-corrected chi connectivity index (χ2v) is 12.5. The van der Waals surface area contributed by atoms with Crippen LogP contribution in [0.2, 0.25) is 0 Å². The summed E-state index contributed by atoms with van der Waals surface area (Å²) in [5, 5.41) is 8.14. The molecule has 0 aliphatic carbocycles. The largest absolute Gasteiger partial charge is 0.460 e. The van der Waals surface area contributed by atoms with E-state index in [1.165, 1.54) is 0 Å². The molecule has 1 rings (SSSR count). The number of benzene rings is 1. The topological polar surface area (TPSA) is 178 Å². The summed E-state index contributed by atoms with van der Waals surface area (Å²) in [6.45, 7) is 16.1. The summed E-state index contributed by atoms with van der Waals surface area (Å²) in [4.78, 5) is 47.8. The molecule has 1 aromatic carbocycles. The quantitative estimate of drug-likeness (QED) is 0.0953. The highest BCUT2D eigenvalue weighted by atomic mass is 16.6. The maximum atomic E-state index is 12.4. The van der Waals surface area contributed by atoms with E-state index in [1.54, 1.807) is 45.0 Å². The summed E-state index contributed by atoms with van der Waals surface area (Å²) in [5.74, 6) is -0.832. The minimum absolute atomic E-state index is 0.205. The molecular formula is C34H57N3O12. The molecule has 0 atom stereocenters. The van der Waals surface area contributed by atoms with Gasteiger partial charge in [-0.25, -0.2) is 4.79 Å². The third-order valence-corrected chi connectivity index (χ3v) is 5.75. The molecule has 0 spiro atoms. The van der Waals surface area contributed by atoms with E-state index in [-0.39, 0.29) is 30.8 Å². The lowest BCUT2D eigenvalue weighted by Gasteiger charge is -2.19. The second kappa shape index (κ2) is 25.6. The Morgan fingerprint density at radius 3 is 1.16 bits per heavy atom. The fourth-order valence-corrected chi connectivity index (χ4v) is 3.62. The molecule has 0 heterocycles. The number of hydrogen-bond acceptors (Lipinski definition) is 12. The van der Waals surface area contributed by atoms with Gasteiger partial charge in [0.05, 0.1) is 85.7 Å². The van der Waals surface area contributed by atoms with Gasteiger partial charge in [0.25, 0.3) is 11.8 Å². The third kappa shape index (κ3) is 26.2. The van der Waals surface area contributed by atoms with Crippen molar-refractivity contribution in [1.29, 1.82) is 0 Å². The van der Waals surface area contributed by atoms with Crippen molar-refractivity contribution in [2.75, 3.05) is 98.9 Å². The predicted molar refractivity (Wildman–Crippen MR) is 181 cm³/mol. The first-order valence-corrected chi connectivity index (χ1v) is 16.6. The Morgan fingerprint density at radius 2 is 0.796 bits per heavy atom. The third-order valence-electron chi connectivity index (χ3n) is 5.75. The lowest BCUT2D eigenvalue weighted by molar-refractivity contribution is -0.156. The molecule has 1 aromatic rings. The van der Waals surface area contributed by atoms with Crippen LogP contribution in [0.15, 0.2) is 24.3 Å². The number of carbonyl (C=O) groups excluding carboxylic acids is 4. The zero-order valence-corrected chi connectivity index (χ0v) is 30.0. The maximum absolute atomic E-state index is 12.4. The van der Waals surface area contributed by atoms with Crippen LogP contribution in [-0.4, -0.2) is 134 Å². The minimum atomic E-state index is -0.547. The highest BCUT2D eigenvalue weighted by Crippen LogP contribution is 2.08. The molecule has 0 aromatic heterocycles. The van der Waals surface area contributed by atoms with E-state index < -0.39 is 17.3 Å². The molecule has 0 saturated heterocycles. The van der Waals surface area contributed by atoms with E-state index in [0.717, 1.165) is 0 Å². The highest BCUT2D eigenvalue weighted by Gasteiger charge is 2.16. The molecule has 0 aliphatic heterocycles. The van der Waals surface area contributed by atoms with Gasteiger partial charge in [0, 0.05) is 30.8 Å². The molecule has 0 unspecified atom stereocenters. The average Bonchev–Trinajstić information content (AvgIpc) is 3.02. The van der Waals surface area contributed by atoms with Crippen LogP contribution in [0, 0.1) is 0 Å². The molecule has 0 bridgehead atoms. The van der Waals surface area contributed by atoms with E-state index in [1.807, 2.05) is 20.8 Å². The van der Waals surface area contributed by atoms with Gasteiger partial charge in [-0.2, -0.15) is 0 Å². The van der Waals surface area contributed by atoms with Crippen LogP contribution in [0.4, 0.5) is 4.79 Å². The Morgan fingerprint density at radius 1 is 0.469 bits per heavy atom. The van der Waals surface area contributed by atoms with Crippen molar-refractivity contribution in [3.05, 3.63) is 35.4 Å². The van der Waals surface area contributed by atoms with Crippen molar-refractivity contribution in [1.82, 2.24) is 16.0 Å². The highest BCUT2D eigenvalue weighted by molar-refractivity contribution is 5.97. The summed E-state index contributed by atoms with van der Waals surface area (Å²) in [7, 11) is 0. The van der Waals surface area contributed by atoms with Crippen LogP contribution in [0.3, 0.4) is 0 Å². The Labute approximate surface area is 290 Å². The van der Waals surface area contributed by atoms with Gasteiger partial charge in [-0.3, -0.25) is 14.4 Å². The first-order valence-electron chi connectivity index (χ1n) is 16.6. The number of carbonyl (C=O) groups is 4. The molecule has 49 heavy (non-hydrogen) atoms. The average molecular weight is 700 g/mol. The smallest absolute Gasteiger partial charge is 0.407 e. The molecule has 0 saturated carbocycles. The molecule has 15 heteroatoms. The summed E-state index contributed by atoms with van der Waals surface area (Å²) in [6.07, 6.45) is -0.286. The number of nitrogens with one attached hydrogen (secondary N) is 3. The normalized spacial score (nSPS) is 11.6. The molecule has 0 radical (unpaired) electrons. The van der Waals surface area contributed by atoms with Crippen LogP contribution in [0.5, 0.6) is 0 Å². The Balaban J connectivity index is 1.97. The van der Waals surface area contributed by atoms with Crippen molar-refractivity contribution in [2.24, 2.45) is 0 Å². The summed E-state index contributed by atoms with van der Waals surface area (Å²) < 4.78 is 42.8. The summed E-state index contributed by atoms with van der Waals surface area (Å²) >= 11 is 0. The Hall–Kier alpha value is -3.34. The van der Waals surface area contributed by atoms with Gasteiger partial charge >= 0.3 is 12.1 Å². The van der Waals surface area contributed by atoms with Gasteiger partial charge in [0.2, 0.25) is 0 Å². The van der Waals surface area contributed by atoms with Crippen molar-refractivity contribution in [3.63, 3.8) is 0 Å². The number of rotatable bonds is 26. The molecule has 280 valence electrons. The van der Waals surface area contributed by atoms with E-state index in [4.69, 9.17) is 37.9 Å². The maximum Gasteiger partial charge on any atom is 0.407 e. The van der Waals surface area contributed by atoms with E-state index in [2.05, 4.69) is 16.0 Å². The number of hydrogen-bond donors (Lipinski definition) is 3. The molecule has 3 N–H and O–H groups in total. The molecular weight excluding hydrogens is 642 g/mol. The first kappa shape index (κ1) is 43.7. The Bertz CT molecular complexity index is 1070.